The zero-order chi connectivity index (χ0) is 15.4. The Bertz CT molecular complexity index is 738. The lowest BCUT2D eigenvalue weighted by Gasteiger charge is -2.10. The Hall–Kier alpha value is -2.94. The van der Waals surface area contributed by atoms with Crippen molar-refractivity contribution in [3.8, 4) is 6.07 Å². The summed E-state index contributed by atoms with van der Waals surface area (Å²) < 4.78 is 13.0. The van der Waals surface area contributed by atoms with Gasteiger partial charge < -0.3 is 5.32 Å². The van der Waals surface area contributed by atoms with Crippen molar-refractivity contribution in [1.82, 2.24) is 0 Å². The lowest BCUT2D eigenvalue weighted by Crippen LogP contribution is -2.04. The number of nitriles is 1. The van der Waals surface area contributed by atoms with Crippen LogP contribution in [-0.4, -0.2) is 4.92 Å². The molecule has 6 heteroatoms. The summed E-state index contributed by atoms with van der Waals surface area (Å²) in [5.41, 5.74) is 2.05. The van der Waals surface area contributed by atoms with E-state index >= 15 is 0 Å². The summed E-state index contributed by atoms with van der Waals surface area (Å²) in [6.07, 6.45) is 0. The molecule has 0 fully saturated rings. The van der Waals surface area contributed by atoms with E-state index in [0.29, 0.717) is 17.8 Å². The Kier molecular flexibility index (Phi) is 4.14. The largest absolute Gasteiger partial charge is 0.380 e. The predicted octanol–water partition coefficient (Wildman–Crippen LogP) is 3.53. The summed E-state index contributed by atoms with van der Waals surface area (Å²) in [4.78, 5) is 10.5. The molecule has 5 nitrogen and oxygen atoms in total. The molecule has 21 heavy (non-hydrogen) atoms. The van der Waals surface area contributed by atoms with Crippen molar-refractivity contribution in [1.29, 1.82) is 5.26 Å². The van der Waals surface area contributed by atoms with Crippen molar-refractivity contribution in [2.24, 2.45) is 0 Å². The number of halogens is 1. The molecule has 0 heterocycles. The van der Waals surface area contributed by atoms with E-state index in [4.69, 9.17) is 5.26 Å². The van der Waals surface area contributed by atoms with Gasteiger partial charge in [-0.3, -0.25) is 10.1 Å². The van der Waals surface area contributed by atoms with Gasteiger partial charge in [0.2, 0.25) is 0 Å². The summed E-state index contributed by atoms with van der Waals surface area (Å²) >= 11 is 0. The first-order valence-electron chi connectivity index (χ1n) is 6.19. The number of nitrogens with zero attached hydrogens (tertiary/aromatic N) is 2. The third-order valence-corrected chi connectivity index (χ3v) is 3.19. The van der Waals surface area contributed by atoms with Crippen molar-refractivity contribution in [2.75, 3.05) is 5.32 Å². The van der Waals surface area contributed by atoms with Gasteiger partial charge in [-0.1, -0.05) is 12.1 Å². The average Bonchev–Trinajstić information content (AvgIpc) is 2.46. The SMILES string of the molecule is Cc1c(CNc2ccc(F)cc2C#N)cccc1[N+](=O)[O-]. The number of hydrogen-bond acceptors (Lipinski definition) is 4. The summed E-state index contributed by atoms with van der Waals surface area (Å²) in [6, 6.07) is 10.6. The minimum absolute atomic E-state index is 0.0499. The first-order chi connectivity index (χ1) is 10.0. The van der Waals surface area contributed by atoms with Gasteiger partial charge in [0, 0.05) is 18.2 Å². The molecule has 0 radical (unpaired) electrons. The highest BCUT2D eigenvalue weighted by atomic mass is 19.1. The minimum atomic E-state index is -0.483. The lowest BCUT2D eigenvalue weighted by atomic mass is 10.1. The van der Waals surface area contributed by atoms with Crippen LogP contribution < -0.4 is 5.32 Å². The predicted molar refractivity (Wildman–Crippen MR) is 76.3 cm³/mol. The van der Waals surface area contributed by atoms with Crippen molar-refractivity contribution >= 4 is 11.4 Å². The molecule has 0 saturated carbocycles. The van der Waals surface area contributed by atoms with Gasteiger partial charge in [-0.2, -0.15) is 5.26 Å². The standard InChI is InChI=1S/C15H12FN3O2/c1-10-11(3-2-4-15(10)19(20)21)9-18-14-6-5-13(16)7-12(14)8-17/h2-7,18H,9H2,1H3. The van der Waals surface area contributed by atoms with Crippen LogP contribution >= 0.6 is 0 Å². The summed E-state index contributed by atoms with van der Waals surface area (Å²) in [5.74, 6) is -0.483. The van der Waals surface area contributed by atoms with E-state index < -0.39 is 10.7 Å². The van der Waals surface area contributed by atoms with Crippen LogP contribution in [0.15, 0.2) is 36.4 Å². The number of hydrogen-bond donors (Lipinski definition) is 1. The van der Waals surface area contributed by atoms with Gasteiger partial charge in [0.05, 0.1) is 16.2 Å². The molecule has 0 aliphatic rings. The van der Waals surface area contributed by atoms with E-state index in [0.717, 1.165) is 11.6 Å². The Labute approximate surface area is 120 Å². The van der Waals surface area contributed by atoms with Crippen molar-refractivity contribution in [3.63, 3.8) is 0 Å². The quantitative estimate of drug-likeness (QED) is 0.688. The van der Waals surface area contributed by atoms with Crippen LogP contribution in [0.1, 0.15) is 16.7 Å². The molecule has 0 amide bonds. The van der Waals surface area contributed by atoms with Gasteiger partial charge in [-0.25, -0.2) is 4.39 Å². The highest BCUT2D eigenvalue weighted by molar-refractivity contribution is 5.58. The van der Waals surface area contributed by atoms with Crippen LogP contribution in [0.2, 0.25) is 0 Å². The first kappa shape index (κ1) is 14.5. The van der Waals surface area contributed by atoms with Crippen LogP contribution in [0.25, 0.3) is 0 Å². The minimum Gasteiger partial charge on any atom is -0.380 e. The van der Waals surface area contributed by atoms with Crippen molar-refractivity contribution < 1.29 is 9.31 Å². The maximum Gasteiger partial charge on any atom is 0.272 e. The van der Waals surface area contributed by atoms with Crippen LogP contribution in [0, 0.1) is 34.2 Å². The lowest BCUT2D eigenvalue weighted by molar-refractivity contribution is -0.385. The smallest absolute Gasteiger partial charge is 0.272 e. The molecule has 0 atom stereocenters. The fraction of sp³-hybridized carbons (Fsp3) is 0.133. The van der Waals surface area contributed by atoms with E-state index in [1.54, 1.807) is 19.1 Å². The third-order valence-electron chi connectivity index (χ3n) is 3.19. The van der Waals surface area contributed by atoms with E-state index in [-0.39, 0.29) is 11.3 Å². The average molecular weight is 285 g/mol. The van der Waals surface area contributed by atoms with Gasteiger partial charge in [0.15, 0.2) is 0 Å². The van der Waals surface area contributed by atoms with E-state index in [1.807, 2.05) is 6.07 Å². The normalized spacial score (nSPS) is 9.95. The number of nitro groups is 1. The highest BCUT2D eigenvalue weighted by Crippen LogP contribution is 2.23. The van der Waals surface area contributed by atoms with Crippen LogP contribution in [0.3, 0.4) is 0 Å². The number of nitrogens with one attached hydrogen (secondary N) is 1. The van der Waals surface area contributed by atoms with E-state index in [2.05, 4.69) is 5.32 Å². The molecule has 1 N–H and O–H groups in total. The van der Waals surface area contributed by atoms with Gasteiger partial charge in [0.25, 0.3) is 5.69 Å². The molecular weight excluding hydrogens is 273 g/mol. The number of benzene rings is 2. The second-order valence-electron chi connectivity index (χ2n) is 4.47. The Morgan fingerprint density at radius 2 is 2.14 bits per heavy atom. The molecule has 0 aromatic heterocycles. The molecule has 0 unspecified atom stereocenters. The molecule has 0 aliphatic heterocycles. The molecule has 0 aliphatic carbocycles. The monoisotopic (exact) mass is 285 g/mol. The number of nitro benzene ring substituents is 1. The molecule has 2 aromatic rings. The van der Waals surface area contributed by atoms with Gasteiger partial charge in [0.1, 0.15) is 11.9 Å². The van der Waals surface area contributed by atoms with Crippen molar-refractivity contribution in [2.45, 2.75) is 13.5 Å². The Balaban J connectivity index is 2.23. The fourth-order valence-electron chi connectivity index (χ4n) is 2.01. The van der Waals surface area contributed by atoms with Gasteiger partial charge in [-0.15, -0.1) is 0 Å². The molecule has 106 valence electrons. The second-order valence-corrected chi connectivity index (χ2v) is 4.47. The van der Waals surface area contributed by atoms with E-state index in [9.17, 15) is 14.5 Å². The van der Waals surface area contributed by atoms with E-state index in [1.165, 1.54) is 18.2 Å². The van der Waals surface area contributed by atoms with Crippen LogP contribution in [-0.2, 0) is 6.54 Å². The topological polar surface area (TPSA) is 79.0 Å². The first-order valence-corrected chi connectivity index (χ1v) is 6.19. The van der Waals surface area contributed by atoms with Crippen molar-refractivity contribution in [3.05, 3.63) is 69.0 Å². The second kappa shape index (κ2) is 6.01. The zero-order valence-electron chi connectivity index (χ0n) is 11.3. The zero-order valence-corrected chi connectivity index (χ0v) is 11.3. The molecule has 0 bridgehead atoms. The number of anilines is 1. The molecule has 0 saturated heterocycles. The van der Waals surface area contributed by atoms with Crippen LogP contribution in [0.5, 0.6) is 0 Å². The maximum atomic E-state index is 13.0. The van der Waals surface area contributed by atoms with Gasteiger partial charge in [-0.05, 0) is 30.7 Å². The van der Waals surface area contributed by atoms with Crippen LogP contribution in [0.4, 0.5) is 15.8 Å². The molecular formula is C15H12FN3O2. The van der Waals surface area contributed by atoms with Gasteiger partial charge >= 0.3 is 0 Å². The molecule has 0 spiro atoms. The third kappa shape index (κ3) is 3.15. The summed E-state index contributed by atoms with van der Waals surface area (Å²) in [5, 5.41) is 22.9. The summed E-state index contributed by atoms with van der Waals surface area (Å²) in [7, 11) is 0. The highest BCUT2D eigenvalue weighted by Gasteiger charge is 2.13. The Morgan fingerprint density at radius 1 is 1.38 bits per heavy atom. The summed E-state index contributed by atoms with van der Waals surface area (Å²) in [6.45, 7) is 1.98. The molecule has 2 rings (SSSR count). The number of rotatable bonds is 4. The molecule has 2 aromatic carbocycles. The fourth-order valence-corrected chi connectivity index (χ4v) is 2.01. The maximum absolute atomic E-state index is 13.0. The Morgan fingerprint density at radius 3 is 2.81 bits per heavy atom.